The first-order valence-corrected chi connectivity index (χ1v) is 11.9. The van der Waals surface area contributed by atoms with Crippen LogP contribution in [0.4, 0.5) is 16.0 Å². The number of rotatable bonds is 5. The molecule has 8 nitrogen and oxygen atoms in total. The van der Waals surface area contributed by atoms with E-state index in [-0.39, 0.29) is 22.6 Å². The summed E-state index contributed by atoms with van der Waals surface area (Å²) in [6.07, 6.45) is 5.14. The van der Waals surface area contributed by atoms with E-state index in [1.54, 1.807) is 12.4 Å². The highest BCUT2D eigenvalue weighted by atomic mass is 35.5. The Kier molecular flexibility index (Phi) is 5.85. The van der Waals surface area contributed by atoms with Crippen molar-refractivity contribution in [3.63, 3.8) is 0 Å². The third kappa shape index (κ3) is 3.65. The molecule has 1 aliphatic rings. The minimum Gasteiger partial charge on any atom is -0.475 e. The second-order valence-electron chi connectivity index (χ2n) is 6.16. The predicted octanol–water partition coefficient (Wildman–Crippen LogP) is 3.92. The van der Waals surface area contributed by atoms with Crippen molar-refractivity contribution in [2.24, 2.45) is 0 Å². The molecule has 4 heterocycles. The van der Waals surface area contributed by atoms with Crippen LogP contribution in [0.2, 0.25) is 5.15 Å². The summed E-state index contributed by atoms with van der Waals surface area (Å²) in [5.74, 6) is 0.799. The Morgan fingerprint density at radius 3 is 2.86 bits per heavy atom. The molecule has 1 unspecified atom stereocenters. The molecule has 2 atom stereocenters. The number of anilines is 2. The summed E-state index contributed by atoms with van der Waals surface area (Å²) in [5, 5.41) is 3.84. The van der Waals surface area contributed by atoms with E-state index < -0.39 is 5.82 Å². The van der Waals surface area contributed by atoms with Crippen molar-refractivity contribution in [1.29, 1.82) is 0 Å². The van der Waals surface area contributed by atoms with Crippen molar-refractivity contribution < 1.29 is 9.13 Å². The minimum atomic E-state index is -0.684. The molecule has 29 heavy (non-hydrogen) atoms. The number of halogens is 2. The van der Waals surface area contributed by atoms with Gasteiger partial charge in [-0.1, -0.05) is 23.4 Å². The van der Waals surface area contributed by atoms with Crippen molar-refractivity contribution in [3.05, 3.63) is 29.1 Å². The fourth-order valence-corrected chi connectivity index (χ4v) is 4.18. The molecule has 0 aromatic carbocycles. The smallest absolute Gasteiger partial charge is 0.228 e. The van der Waals surface area contributed by atoms with Gasteiger partial charge in [0.15, 0.2) is 21.9 Å². The number of nitrogens with zero attached hydrogens (tertiary/aromatic N) is 6. The van der Waals surface area contributed by atoms with Crippen LogP contribution in [0.15, 0.2) is 17.6 Å². The largest absolute Gasteiger partial charge is 0.475 e. The molecule has 1 aliphatic heterocycles. The molecule has 0 aliphatic carbocycles. The number of nitrogens with one attached hydrogen (secondary N) is 1. The molecule has 0 spiro atoms. The Morgan fingerprint density at radius 1 is 1.31 bits per heavy atom. The van der Waals surface area contributed by atoms with Crippen molar-refractivity contribution in [2.45, 2.75) is 18.1 Å². The van der Waals surface area contributed by atoms with Crippen LogP contribution in [0.1, 0.15) is 18.7 Å². The molecule has 12 heteroatoms. The lowest BCUT2D eigenvalue weighted by Crippen LogP contribution is -2.32. The molecule has 0 amide bonds. The summed E-state index contributed by atoms with van der Waals surface area (Å²) in [6.45, 7) is 4.86. The summed E-state index contributed by atoms with van der Waals surface area (Å²) in [5.41, 5.74) is 0.867. The van der Waals surface area contributed by atoms with E-state index in [1.165, 1.54) is 11.8 Å². The Morgan fingerprint density at radius 2 is 2.10 bits per heavy atom. The zero-order chi connectivity index (χ0) is 20.5. The van der Waals surface area contributed by atoms with Crippen LogP contribution >= 0.6 is 32.1 Å². The van der Waals surface area contributed by atoms with E-state index in [9.17, 15) is 4.39 Å². The monoisotopic (exact) mass is 453 g/mol. The van der Waals surface area contributed by atoms with Gasteiger partial charge in [0.2, 0.25) is 5.88 Å². The van der Waals surface area contributed by atoms with Gasteiger partial charge in [-0.2, -0.15) is 4.98 Å². The van der Waals surface area contributed by atoms with Gasteiger partial charge in [0.1, 0.15) is 29.0 Å². The van der Waals surface area contributed by atoms with Crippen LogP contribution < -0.4 is 14.7 Å². The molecule has 0 saturated heterocycles. The van der Waals surface area contributed by atoms with Crippen LogP contribution in [0.25, 0.3) is 10.9 Å². The van der Waals surface area contributed by atoms with Crippen LogP contribution in [-0.4, -0.2) is 51.0 Å². The first-order valence-electron chi connectivity index (χ1n) is 8.79. The molecule has 3 aromatic rings. The van der Waals surface area contributed by atoms with Gasteiger partial charge >= 0.3 is 0 Å². The van der Waals surface area contributed by atoms with Gasteiger partial charge in [-0.3, -0.25) is 4.98 Å². The van der Waals surface area contributed by atoms with Gasteiger partial charge in [0.05, 0.1) is 12.6 Å². The predicted molar refractivity (Wildman–Crippen MR) is 115 cm³/mol. The number of aromatic nitrogens is 5. The summed E-state index contributed by atoms with van der Waals surface area (Å²) in [6, 6.07) is -0.205. The molecule has 0 bridgehead atoms. The minimum absolute atomic E-state index is 0.0981. The van der Waals surface area contributed by atoms with E-state index in [0.717, 1.165) is 5.69 Å². The Bertz CT molecular complexity index is 1080. The van der Waals surface area contributed by atoms with Gasteiger partial charge in [0.25, 0.3) is 0 Å². The van der Waals surface area contributed by atoms with Gasteiger partial charge in [-0.25, -0.2) is 19.3 Å². The van der Waals surface area contributed by atoms with E-state index in [4.69, 9.17) is 16.3 Å². The summed E-state index contributed by atoms with van der Waals surface area (Å²) >= 11 is 7.30. The molecule has 4 rings (SSSR count). The fourth-order valence-electron chi connectivity index (χ4n) is 3.22. The first kappa shape index (κ1) is 20.3. The average molecular weight is 454 g/mol. The number of thioether (sulfide) groups is 1. The first-order chi connectivity index (χ1) is 14.0. The van der Waals surface area contributed by atoms with Crippen LogP contribution in [0.3, 0.4) is 0 Å². The van der Waals surface area contributed by atoms with Gasteiger partial charge < -0.3 is 14.7 Å². The zero-order valence-corrected chi connectivity index (χ0v) is 18.5. The van der Waals surface area contributed by atoms with E-state index in [1.807, 2.05) is 24.7 Å². The Balaban J connectivity index is 1.92. The van der Waals surface area contributed by atoms with Gasteiger partial charge in [-0.05, 0) is 28.6 Å². The standard InChI is InChI=1S/C17H18ClFN7OPS/c1-8(11-14(25-28-2)21-5-4-20-11)26-6-7-27-16-9-12(10(19)13(18)23-16)22-17(29-3)24-15(9)26/h4-5,8,28H,6-7H2,1-3H3,(H,21,25)/t8-/m1/s1. The highest BCUT2D eigenvalue weighted by molar-refractivity contribution is 7.98. The van der Waals surface area contributed by atoms with E-state index in [2.05, 4.69) is 30.0 Å². The van der Waals surface area contributed by atoms with Gasteiger partial charge in [-0.15, -0.1) is 0 Å². The molecule has 0 radical (unpaired) electrons. The third-order valence-electron chi connectivity index (χ3n) is 4.53. The normalized spacial score (nSPS) is 14.9. The lowest BCUT2D eigenvalue weighted by molar-refractivity contribution is 0.316. The van der Waals surface area contributed by atoms with Crippen LogP contribution in [-0.2, 0) is 0 Å². The lowest BCUT2D eigenvalue weighted by Gasteiger charge is -2.29. The van der Waals surface area contributed by atoms with Crippen LogP contribution in [0, 0.1) is 5.82 Å². The third-order valence-corrected chi connectivity index (χ3v) is 5.82. The van der Waals surface area contributed by atoms with E-state index in [0.29, 0.717) is 44.1 Å². The van der Waals surface area contributed by atoms with Crippen molar-refractivity contribution in [1.82, 2.24) is 24.9 Å². The summed E-state index contributed by atoms with van der Waals surface area (Å²) in [4.78, 5) is 24.0. The number of ether oxygens (including phenoxy) is 1. The summed E-state index contributed by atoms with van der Waals surface area (Å²) < 4.78 is 20.6. The van der Waals surface area contributed by atoms with Crippen LogP contribution in [0.5, 0.6) is 5.88 Å². The Labute approximate surface area is 177 Å². The van der Waals surface area contributed by atoms with Crippen molar-refractivity contribution >= 4 is 54.6 Å². The fraction of sp³-hybridized carbons (Fsp3) is 0.353. The summed E-state index contributed by atoms with van der Waals surface area (Å²) in [7, 11) is 0.476. The highest BCUT2D eigenvalue weighted by Crippen LogP contribution is 2.40. The number of hydrogen-bond donors (Lipinski definition) is 1. The molecule has 0 fully saturated rings. The highest BCUT2D eigenvalue weighted by Gasteiger charge is 2.30. The maximum Gasteiger partial charge on any atom is 0.228 e. The maximum absolute atomic E-state index is 14.8. The average Bonchev–Trinajstić information content (AvgIpc) is 2.91. The van der Waals surface area contributed by atoms with Crippen molar-refractivity contribution in [2.75, 3.05) is 36.1 Å². The molecule has 3 aromatic heterocycles. The number of pyridine rings is 1. The van der Waals surface area contributed by atoms with Gasteiger partial charge in [0, 0.05) is 12.4 Å². The van der Waals surface area contributed by atoms with E-state index >= 15 is 0 Å². The second-order valence-corrected chi connectivity index (χ2v) is 8.04. The quantitative estimate of drug-likeness (QED) is 0.267. The molecule has 0 saturated carbocycles. The second kappa shape index (κ2) is 8.38. The molecular weight excluding hydrogens is 436 g/mol. The molecule has 1 N–H and O–H groups in total. The van der Waals surface area contributed by atoms with Crippen molar-refractivity contribution in [3.8, 4) is 5.88 Å². The SMILES string of the molecule is CPNc1nccnc1[C@@H](C)N1CCOc2nc(Cl)c(F)c3nc(SC)nc1c23. The maximum atomic E-state index is 14.8. The zero-order valence-electron chi connectivity index (χ0n) is 15.9. The number of hydrogen-bond acceptors (Lipinski definition) is 9. The molecular formula is C17H18ClFN7OPS. The Hall–Kier alpha value is -2.03. The molecule has 152 valence electrons. The topological polar surface area (TPSA) is 89.0 Å². The lowest BCUT2D eigenvalue weighted by atomic mass is 10.1.